The van der Waals surface area contributed by atoms with Crippen LogP contribution in [-0.4, -0.2) is 18.1 Å². The fourth-order valence-electron chi connectivity index (χ4n) is 3.35. The number of hydrogen-bond donors (Lipinski definition) is 2. The van der Waals surface area contributed by atoms with Gasteiger partial charge in [-0.1, -0.05) is 70.4 Å². The number of benzene rings is 2. The highest BCUT2D eigenvalue weighted by Gasteiger charge is 2.17. The van der Waals surface area contributed by atoms with Crippen LogP contribution in [0, 0.1) is 0 Å². The molecule has 0 aliphatic heterocycles. The van der Waals surface area contributed by atoms with Gasteiger partial charge in [0.25, 0.3) is 10.1 Å². The Bertz CT molecular complexity index is 861. The lowest BCUT2D eigenvalue weighted by atomic mass is 10.0. The van der Waals surface area contributed by atoms with Gasteiger partial charge in [0.15, 0.2) is 0 Å². The van der Waals surface area contributed by atoms with Crippen molar-refractivity contribution in [1.82, 2.24) is 0 Å². The number of unbranched alkanes of at least 4 members (excludes halogenated alkanes) is 8. The molecule has 0 atom stereocenters. The van der Waals surface area contributed by atoms with Crippen LogP contribution in [0.5, 0.6) is 17.2 Å². The lowest BCUT2D eigenvalue weighted by Gasteiger charge is -2.11. The zero-order valence-electron chi connectivity index (χ0n) is 17.1. The third-order valence-corrected chi connectivity index (χ3v) is 5.86. The van der Waals surface area contributed by atoms with E-state index in [4.69, 9.17) is 4.74 Å². The molecule has 0 aromatic heterocycles. The van der Waals surface area contributed by atoms with Crippen molar-refractivity contribution in [2.24, 2.45) is 0 Å². The van der Waals surface area contributed by atoms with Gasteiger partial charge in [0.05, 0.1) is 0 Å². The van der Waals surface area contributed by atoms with Gasteiger partial charge in [0, 0.05) is 12.1 Å². The van der Waals surface area contributed by atoms with Crippen LogP contribution in [0.1, 0.15) is 70.3 Å². The van der Waals surface area contributed by atoms with E-state index in [-0.39, 0.29) is 10.6 Å². The minimum absolute atomic E-state index is 0.0551. The number of phenols is 1. The molecule has 0 radical (unpaired) electrons. The van der Waals surface area contributed by atoms with E-state index in [1.54, 1.807) is 24.3 Å². The van der Waals surface area contributed by atoms with Gasteiger partial charge in [-0.05, 0) is 36.6 Å². The first-order valence-electron chi connectivity index (χ1n) is 10.5. The molecule has 0 bridgehead atoms. The largest absolute Gasteiger partial charge is 0.508 e. The van der Waals surface area contributed by atoms with E-state index in [2.05, 4.69) is 6.92 Å². The summed E-state index contributed by atoms with van der Waals surface area (Å²) >= 11 is 0. The fourth-order valence-corrected chi connectivity index (χ4v) is 4.12. The minimum atomic E-state index is -4.35. The summed E-state index contributed by atoms with van der Waals surface area (Å²) in [6, 6.07) is 10.9. The molecule has 0 saturated carbocycles. The van der Waals surface area contributed by atoms with E-state index in [1.807, 2.05) is 0 Å². The van der Waals surface area contributed by atoms with Crippen LogP contribution in [-0.2, 0) is 16.5 Å². The van der Waals surface area contributed by atoms with Crippen LogP contribution < -0.4 is 4.74 Å². The van der Waals surface area contributed by atoms with Gasteiger partial charge in [0.2, 0.25) is 0 Å². The maximum absolute atomic E-state index is 11.8. The SMILES string of the molecule is CCCCCCCCCCCc1ccc(Oc2cccc(O)c2)cc1S(=O)(=O)O. The Morgan fingerprint density at radius 3 is 2.07 bits per heavy atom. The van der Waals surface area contributed by atoms with Gasteiger partial charge in [-0.15, -0.1) is 0 Å². The highest BCUT2D eigenvalue weighted by atomic mass is 32.2. The Balaban J connectivity index is 1.91. The van der Waals surface area contributed by atoms with Gasteiger partial charge < -0.3 is 9.84 Å². The molecule has 5 nitrogen and oxygen atoms in total. The molecular weight excluding hydrogens is 388 g/mol. The van der Waals surface area contributed by atoms with Crippen molar-refractivity contribution in [3.05, 3.63) is 48.0 Å². The van der Waals surface area contributed by atoms with Gasteiger partial charge in [-0.2, -0.15) is 8.42 Å². The second kappa shape index (κ2) is 11.8. The number of aromatic hydroxyl groups is 1. The lowest BCUT2D eigenvalue weighted by Crippen LogP contribution is -2.04. The monoisotopic (exact) mass is 420 g/mol. The number of rotatable bonds is 13. The molecule has 160 valence electrons. The van der Waals surface area contributed by atoms with Crippen LogP contribution in [0.25, 0.3) is 0 Å². The first kappa shape index (κ1) is 23.2. The van der Waals surface area contributed by atoms with E-state index in [9.17, 15) is 18.1 Å². The van der Waals surface area contributed by atoms with Crippen molar-refractivity contribution in [1.29, 1.82) is 0 Å². The number of hydrogen-bond acceptors (Lipinski definition) is 4. The van der Waals surface area contributed by atoms with Crippen LogP contribution in [0.2, 0.25) is 0 Å². The van der Waals surface area contributed by atoms with Crippen LogP contribution >= 0.6 is 0 Å². The van der Waals surface area contributed by atoms with Crippen LogP contribution in [0.4, 0.5) is 0 Å². The van der Waals surface area contributed by atoms with Gasteiger partial charge in [-0.3, -0.25) is 4.55 Å². The van der Waals surface area contributed by atoms with E-state index in [0.717, 1.165) is 19.3 Å². The molecule has 0 saturated heterocycles. The molecule has 0 heterocycles. The maximum atomic E-state index is 11.8. The average molecular weight is 421 g/mol. The lowest BCUT2D eigenvalue weighted by molar-refractivity contribution is 0.452. The zero-order chi connectivity index (χ0) is 21.1. The summed E-state index contributed by atoms with van der Waals surface area (Å²) < 4.78 is 38.9. The molecule has 2 N–H and O–H groups in total. The average Bonchev–Trinajstić information content (AvgIpc) is 2.67. The van der Waals surface area contributed by atoms with Crippen molar-refractivity contribution in [3.63, 3.8) is 0 Å². The van der Waals surface area contributed by atoms with Crippen molar-refractivity contribution in [2.75, 3.05) is 0 Å². The Morgan fingerprint density at radius 2 is 1.45 bits per heavy atom. The molecular formula is C23H32O5S. The first-order chi connectivity index (χ1) is 13.9. The number of phenolic OH excluding ortho intramolecular Hbond substituents is 1. The van der Waals surface area contributed by atoms with Crippen molar-refractivity contribution < 1.29 is 22.8 Å². The second-order valence-electron chi connectivity index (χ2n) is 7.42. The van der Waals surface area contributed by atoms with Crippen LogP contribution in [0.3, 0.4) is 0 Å². The Morgan fingerprint density at radius 1 is 0.828 bits per heavy atom. The maximum Gasteiger partial charge on any atom is 0.294 e. The van der Waals surface area contributed by atoms with Gasteiger partial charge in [0.1, 0.15) is 22.1 Å². The Hall–Kier alpha value is -2.05. The fraction of sp³-hybridized carbons (Fsp3) is 0.478. The Kier molecular flexibility index (Phi) is 9.48. The molecule has 2 rings (SSSR count). The predicted molar refractivity (Wildman–Crippen MR) is 115 cm³/mol. The highest BCUT2D eigenvalue weighted by molar-refractivity contribution is 7.85. The van der Waals surface area contributed by atoms with E-state index in [0.29, 0.717) is 23.5 Å². The standard InChI is InChI=1S/C23H32O5S/c1-2-3-4-5-6-7-8-9-10-12-19-15-16-22(18-23(19)29(25,26)27)28-21-14-11-13-20(24)17-21/h11,13-18,24H,2-10,12H2,1H3,(H,25,26,27). The summed E-state index contributed by atoms with van der Waals surface area (Å²) in [6.45, 7) is 2.21. The topological polar surface area (TPSA) is 83.8 Å². The Labute approximate surface area is 174 Å². The minimum Gasteiger partial charge on any atom is -0.508 e. The summed E-state index contributed by atoms with van der Waals surface area (Å²) in [6.07, 6.45) is 11.3. The molecule has 2 aromatic carbocycles. The second-order valence-corrected chi connectivity index (χ2v) is 8.81. The molecule has 6 heteroatoms. The van der Waals surface area contributed by atoms with Gasteiger partial charge >= 0.3 is 0 Å². The third-order valence-electron chi connectivity index (χ3n) is 4.92. The van der Waals surface area contributed by atoms with E-state index >= 15 is 0 Å². The quantitative estimate of drug-likeness (QED) is 0.285. The molecule has 2 aromatic rings. The molecule has 0 fully saturated rings. The van der Waals surface area contributed by atoms with E-state index in [1.165, 1.54) is 56.7 Å². The summed E-state index contributed by atoms with van der Waals surface area (Å²) in [7, 11) is -4.35. The highest BCUT2D eigenvalue weighted by Crippen LogP contribution is 2.29. The number of aryl methyl sites for hydroxylation is 1. The predicted octanol–water partition coefficient (Wildman–Crippen LogP) is 6.50. The van der Waals surface area contributed by atoms with Crippen LogP contribution in [0.15, 0.2) is 47.4 Å². The van der Waals surface area contributed by atoms with Gasteiger partial charge in [-0.25, -0.2) is 0 Å². The molecule has 0 aliphatic rings. The zero-order valence-corrected chi connectivity index (χ0v) is 18.0. The smallest absolute Gasteiger partial charge is 0.294 e. The molecule has 0 unspecified atom stereocenters. The molecule has 0 amide bonds. The normalized spacial score (nSPS) is 11.5. The third kappa shape index (κ3) is 8.46. The first-order valence-corrected chi connectivity index (χ1v) is 11.9. The van der Waals surface area contributed by atoms with E-state index < -0.39 is 10.1 Å². The number of ether oxygens (including phenoxy) is 1. The molecule has 0 aliphatic carbocycles. The summed E-state index contributed by atoms with van der Waals surface area (Å²) in [4.78, 5) is -0.116. The molecule has 29 heavy (non-hydrogen) atoms. The summed E-state index contributed by atoms with van der Waals surface area (Å²) in [5.74, 6) is 0.733. The summed E-state index contributed by atoms with van der Waals surface area (Å²) in [5, 5.41) is 9.52. The van der Waals surface area contributed by atoms with Crippen molar-refractivity contribution in [3.8, 4) is 17.2 Å². The van der Waals surface area contributed by atoms with Crippen molar-refractivity contribution >= 4 is 10.1 Å². The molecule has 0 spiro atoms. The summed E-state index contributed by atoms with van der Waals surface area (Å²) in [5.41, 5.74) is 0.596. The van der Waals surface area contributed by atoms with Crippen molar-refractivity contribution in [2.45, 2.75) is 76.0 Å².